The first kappa shape index (κ1) is 22.2. The van der Waals surface area contributed by atoms with Crippen LogP contribution in [-0.4, -0.2) is 11.9 Å². The first-order valence-corrected chi connectivity index (χ1v) is 12.8. The van der Waals surface area contributed by atoms with Crippen LogP contribution in [0.1, 0.15) is 25.5 Å². The normalized spacial score (nSPS) is 16.9. The second kappa shape index (κ2) is 11.0. The molecule has 160 valence electrons. The number of rotatable bonds is 7. The van der Waals surface area contributed by atoms with E-state index in [1.165, 1.54) is 21.7 Å². The Balaban J connectivity index is 1.77. The summed E-state index contributed by atoms with van der Waals surface area (Å²) in [5.74, 6) is 0.479. The third kappa shape index (κ3) is 5.81. The first-order chi connectivity index (χ1) is 15.7. The number of hydrogen-bond donors (Lipinski definition) is 0. The van der Waals surface area contributed by atoms with Crippen molar-refractivity contribution in [2.75, 3.05) is 6.16 Å². The highest BCUT2D eigenvalue weighted by molar-refractivity contribution is 7.73. The quantitative estimate of drug-likeness (QED) is 0.354. The standard InChI is InChI=1S/C30H30NP/c1-24(2)22-26-16-12-13-21-29(26)31-30(25-14-6-3-7-15-25)23-32(27-17-8-4-9-18-27)28-19-10-5-11-20-28/h3-22,24,30H,23H2,1-2H3. The van der Waals surface area contributed by atoms with Gasteiger partial charge in [0.05, 0.1) is 11.8 Å². The molecule has 3 aromatic carbocycles. The van der Waals surface area contributed by atoms with Gasteiger partial charge in [-0.2, -0.15) is 0 Å². The lowest BCUT2D eigenvalue weighted by Gasteiger charge is -2.24. The molecule has 0 amide bonds. The van der Waals surface area contributed by atoms with E-state index < -0.39 is 7.92 Å². The highest BCUT2D eigenvalue weighted by atomic mass is 31.1. The van der Waals surface area contributed by atoms with Crippen molar-refractivity contribution in [1.82, 2.24) is 0 Å². The number of hydrogen-bond acceptors (Lipinski definition) is 1. The van der Waals surface area contributed by atoms with Crippen molar-refractivity contribution in [1.29, 1.82) is 0 Å². The molecule has 0 radical (unpaired) electrons. The van der Waals surface area contributed by atoms with Gasteiger partial charge in [0.1, 0.15) is 0 Å². The Morgan fingerprint density at radius 1 is 0.719 bits per heavy atom. The maximum Gasteiger partial charge on any atom is 0.0801 e. The topological polar surface area (TPSA) is 12.4 Å². The minimum Gasteiger partial charge on any atom is -0.276 e. The van der Waals surface area contributed by atoms with Crippen LogP contribution in [0.5, 0.6) is 0 Å². The molecule has 1 atom stereocenters. The molecular weight excluding hydrogens is 405 g/mol. The molecule has 0 fully saturated rings. The lowest BCUT2D eigenvalue weighted by atomic mass is 10.00. The van der Waals surface area contributed by atoms with Crippen LogP contribution >= 0.6 is 7.92 Å². The Morgan fingerprint density at radius 2 is 1.25 bits per heavy atom. The molecule has 2 heteroatoms. The van der Waals surface area contributed by atoms with Gasteiger partial charge in [-0.05, 0) is 41.7 Å². The van der Waals surface area contributed by atoms with Crippen molar-refractivity contribution < 1.29 is 0 Å². The van der Waals surface area contributed by atoms with Crippen molar-refractivity contribution in [3.63, 3.8) is 0 Å². The Hall–Kier alpha value is -3.02. The van der Waals surface area contributed by atoms with E-state index >= 15 is 0 Å². The van der Waals surface area contributed by atoms with E-state index in [9.17, 15) is 0 Å². The van der Waals surface area contributed by atoms with Crippen LogP contribution in [0.3, 0.4) is 0 Å². The van der Waals surface area contributed by atoms with Gasteiger partial charge in [-0.25, -0.2) is 0 Å². The zero-order chi connectivity index (χ0) is 22.2. The van der Waals surface area contributed by atoms with Crippen LogP contribution in [0.4, 0.5) is 0 Å². The summed E-state index contributed by atoms with van der Waals surface area (Å²) in [5, 5.41) is 2.79. The maximum absolute atomic E-state index is 5.36. The lowest BCUT2D eigenvalue weighted by Crippen LogP contribution is -2.18. The molecule has 1 aliphatic carbocycles. The van der Waals surface area contributed by atoms with Crippen LogP contribution in [0, 0.1) is 5.92 Å². The van der Waals surface area contributed by atoms with E-state index in [1.807, 2.05) is 0 Å². The average molecular weight is 436 g/mol. The van der Waals surface area contributed by atoms with E-state index in [0.717, 1.165) is 11.9 Å². The molecule has 0 aliphatic heterocycles. The van der Waals surface area contributed by atoms with Crippen LogP contribution in [0.15, 0.2) is 132 Å². The van der Waals surface area contributed by atoms with Gasteiger partial charge < -0.3 is 0 Å². The SMILES string of the molecule is CC(C)C=C1C=CC=CC1=NC(CP(c1ccccc1)c1ccccc1)c1ccccc1. The molecular formula is C30H30NP. The minimum absolute atomic E-state index is 0.0874. The Kier molecular flexibility index (Phi) is 7.64. The first-order valence-electron chi connectivity index (χ1n) is 11.3. The Labute approximate surface area is 193 Å². The number of allylic oxidation sites excluding steroid dienone is 6. The minimum atomic E-state index is -0.540. The molecule has 0 bridgehead atoms. The predicted octanol–water partition coefficient (Wildman–Crippen LogP) is 7.01. The highest BCUT2D eigenvalue weighted by Gasteiger charge is 2.21. The monoisotopic (exact) mass is 435 g/mol. The molecule has 32 heavy (non-hydrogen) atoms. The summed E-state index contributed by atoms with van der Waals surface area (Å²) in [4.78, 5) is 5.36. The Bertz CT molecular complexity index is 1070. The lowest BCUT2D eigenvalue weighted by molar-refractivity contribution is 0.821. The van der Waals surface area contributed by atoms with Gasteiger partial charge in [0.25, 0.3) is 0 Å². The van der Waals surface area contributed by atoms with Gasteiger partial charge >= 0.3 is 0 Å². The molecule has 3 aromatic rings. The van der Waals surface area contributed by atoms with Gasteiger partial charge in [0.2, 0.25) is 0 Å². The Morgan fingerprint density at radius 3 is 1.81 bits per heavy atom. The van der Waals surface area contributed by atoms with Gasteiger partial charge in [-0.1, -0.05) is 129 Å². The van der Waals surface area contributed by atoms with Gasteiger partial charge in [0, 0.05) is 6.16 Å². The van der Waals surface area contributed by atoms with Crippen LogP contribution in [-0.2, 0) is 0 Å². The summed E-state index contributed by atoms with van der Waals surface area (Å²) in [6.07, 6.45) is 11.8. The van der Waals surface area contributed by atoms with E-state index in [2.05, 4.69) is 135 Å². The molecule has 0 saturated carbocycles. The third-order valence-corrected chi connectivity index (χ3v) is 7.97. The second-order valence-corrected chi connectivity index (χ2v) is 10.6. The van der Waals surface area contributed by atoms with E-state index in [0.29, 0.717) is 5.92 Å². The molecule has 0 heterocycles. The van der Waals surface area contributed by atoms with Crippen molar-refractivity contribution in [2.45, 2.75) is 19.9 Å². The molecule has 1 unspecified atom stereocenters. The second-order valence-electron chi connectivity index (χ2n) is 8.31. The summed E-state index contributed by atoms with van der Waals surface area (Å²) in [5.41, 5.74) is 3.56. The number of nitrogens with zero attached hydrogens (tertiary/aromatic N) is 1. The van der Waals surface area contributed by atoms with E-state index in [-0.39, 0.29) is 6.04 Å². The van der Waals surface area contributed by atoms with Crippen molar-refractivity contribution in [3.05, 3.63) is 133 Å². The van der Waals surface area contributed by atoms with E-state index in [1.54, 1.807) is 0 Å². The summed E-state index contributed by atoms with van der Waals surface area (Å²) in [6, 6.07) is 32.7. The summed E-state index contributed by atoms with van der Waals surface area (Å²) < 4.78 is 0. The summed E-state index contributed by atoms with van der Waals surface area (Å²) in [6.45, 7) is 4.44. The molecule has 0 saturated heterocycles. The largest absolute Gasteiger partial charge is 0.276 e. The third-order valence-electron chi connectivity index (χ3n) is 5.42. The molecule has 1 nitrogen and oxygen atoms in total. The zero-order valence-corrected chi connectivity index (χ0v) is 19.7. The highest BCUT2D eigenvalue weighted by Crippen LogP contribution is 2.40. The average Bonchev–Trinajstić information content (AvgIpc) is 2.84. The maximum atomic E-state index is 5.36. The molecule has 0 aromatic heterocycles. The molecule has 4 rings (SSSR count). The van der Waals surface area contributed by atoms with Gasteiger partial charge in [-0.3, -0.25) is 4.99 Å². The van der Waals surface area contributed by atoms with Crippen LogP contribution in [0.25, 0.3) is 0 Å². The van der Waals surface area contributed by atoms with Crippen molar-refractivity contribution >= 4 is 24.2 Å². The number of aliphatic imine (C=N–C) groups is 1. The predicted molar refractivity (Wildman–Crippen MR) is 142 cm³/mol. The van der Waals surface area contributed by atoms with Crippen LogP contribution < -0.4 is 10.6 Å². The van der Waals surface area contributed by atoms with E-state index in [4.69, 9.17) is 4.99 Å². The fourth-order valence-corrected chi connectivity index (χ4v) is 6.34. The van der Waals surface area contributed by atoms with Gasteiger partial charge in [0.15, 0.2) is 0 Å². The smallest absolute Gasteiger partial charge is 0.0801 e. The zero-order valence-electron chi connectivity index (χ0n) is 18.8. The fourth-order valence-electron chi connectivity index (χ4n) is 3.92. The fraction of sp³-hybridized carbons (Fsp3) is 0.167. The van der Waals surface area contributed by atoms with Crippen molar-refractivity contribution in [2.24, 2.45) is 10.9 Å². The van der Waals surface area contributed by atoms with Crippen LogP contribution in [0.2, 0.25) is 0 Å². The molecule has 1 aliphatic rings. The molecule has 0 spiro atoms. The summed E-state index contributed by atoms with van der Waals surface area (Å²) in [7, 11) is -0.540. The summed E-state index contributed by atoms with van der Waals surface area (Å²) >= 11 is 0. The number of benzene rings is 3. The van der Waals surface area contributed by atoms with Crippen molar-refractivity contribution in [3.8, 4) is 0 Å². The molecule has 0 N–H and O–H groups in total. The van der Waals surface area contributed by atoms with Gasteiger partial charge in [-0.15, -0.1) is 0 Å².